The van der Waals surface area contributed by atoms with Gasteiger partial charge in [-0.25, -0.2) is 8.42 Å². The molecule has 1 aromatic rings. The number of hydrogen-bond acceptors (Lipinski definition) is 3. The second-order valence-corrected chi connectivity index (χ2v) is 8.40. The van der Waals surface area contributed by atoms with Gasteiger partial charge in [0.2, 0.25) is 0 Å². The number of benzene rings is 1. The normalized spacial score (nSPS) is 13.4. The van der Waals surface area contributed by atoms with Crippen LogP contribution in [0.2, 0.25) is 0 Å². The molecule has 1 rings (SSSR count). The predicted molar refractivity (Wildman–Crippen MR) is 87.8 cm³/mol. The van der Waals surface area contributed by atoms with E-state index in [1.54, 1.807) is 12.1 Å². The fourth-order valence-electron chi connectivity index (χ4n) is 2.09. The maximum atomic E-state index is 11.5. The van der Waals surface area contributed by atoms with Crippen molar-refractivity contribution >= 4 is 19.7 Å². The molecule has 0 radical (unpaired) electrons. The third kappa shape index (κ3) is 5.87. The Morgan fingerprint density at radius 3 is 2.43 bits per heavy atom. The summed E-state index contributed by atoms with van der Waals surface area (Å²) < 4.78 is 28.8. The Labute approximate surface area is 133 Å². The molecule has 0 bridgehead atoms. The zero-order valence-electron chi connectivity index (χ0n) is 13.2. The molecular formula is C16H25ClO3S. The van der Waals surface area contributed by atoms with E-state index in [2.05, 4.69) is 27.7 Å². The van der Waals surface area contributed by atoms with Gasteiger partial charge in [-0.2, -0.15) is 0 Å². The van der Waals surface area contributed by atoms with Gasteiger partial charge in [-0.3, -0.25) is 0 Å². The summed E-state index contributed by atoms with van der Waals surface area (Å²) in [6.45, 7) is 9.14. The van der Waals surface area contributed by atoms with Crippen molar-refractivity contribution in [2.24, 2.45) is 5.92 Å². The van der Waals surface area contributed by atoms with Gasteiger partial charge in [-0.05, 0) is 54.9 Å². The van der Waals surface area contributed by atoms with Crippen LogP contribution in [0.15, 0.2) is 23.1 Å². The zero-order chi connectivity index (χ0) is 16.0. The second kappa shape index (κ2) is 8.04. The van der Waals surface area contributed by atoms with Crippen LogP contribution >= 0.6 is 10.7 Å². The summed E-state index contributed by atoms with van der Waals surface area (Å²) in [5, 5.41) is 0. The van der Waals surface area contributed by atoms with E-state index in [1.165, 1.54) is 6.07 Å². The summed E-state index contributed by atoms with van der Waals surface area (Å²) in [6, 6.07) is 4.85. The average Bonchev–Trinajstić information content (AvgIpc) is 2.41. The Kier molecular flexibility index (Phi) is 7.01. The van der Waals surface area contributed by atoms with Gasteiger partial charge < -0.3 is 4.74 Å². The monoisotopic (exact) mass is 332 g/mol. The number of halogens is 1. The van der Waals surface area contributed by atoms with Crippen LogP contribution in [0.5, 0.6) is 5.75 Å². The average molecular weight is 333 g/mol. The lowest BCUT2D eigenvalue weighted by molar-refractivity contribution is 0.293. The minimum absolute atomic E-state index is 0.133. The van der Waals surface area contributed by atoms with Crippen LogP contribution in [-0.4, -0.2) is 15.0 Å². The van der Waals surface area contributed by atoms with E-state index in [0.29, 0.717) is 12.5 Å². The Balaban J connectivity index is 2.92. The van der Waals surface area contributed by atoms with Crippen molar-refractivity contribution in [2.75, 3.05) is 6.61 Å². The van der Waals surface area contributed by atoms with Gasteiger partial charge in [0.15, 0.2) is 0 Å². The molecule has 0 aromatic heterocycles. The first kappa shape index (κ1) is 18.3. The molecule has 1 atom stereocenters. The van der Waals surface area contributed by atoms with Gasteiger partial charge in [0.25, 0.3) is 9.05 Å². The second-order valence-electron chi connectivity index (χ2n) is 5.83. The lowest BCUT2D eigenvalue weighted by Crippen LogP contribution is -2.05. The summed E-state index contributed by atoms with van der Waals surface area (Å²) in [5.41, 5.74) is 0.906. The van der Waals surface area contributed by atoms with Crippen LogP contribution < -0.4 is 4.74 Å². The molecule has 0 N–H and O–H groups in total. The lowest BCUT2D eigenvalue weighted by atomic mass is 9.98. The highest BCUT2D eigenvalue weighted by Gasteiger charge is 2.17. The van der Waals surface area contributed by atoms with Crippen molar-refractivity contribution in [3.05, 3.63) is 23.8 Å². The van der Waals surface area contributed by atoms with Crippen LogP contribution in [0.4, 0.5) is 0 Å². The van der Waals surface area contributed by atoms with Crippen molar-refractivity contribution in [1.29, 1.82) is 0 Å². The number of rotatable bonds is 8. The van der Waals surface area contributed by atoms with E-state index in [-0.39, 0.29) is 10.8 Å². The summed E-state index contributed by atoms with van der Waals surface area (Å²) in [6.07, 6.45) is 3.02. The Bertz CT molecular complexity index is 553. The Morgan fingerprint density at radius 2 is 1.90 bits per heavy atom. The van der Waals surface area contributed by atoms with Gasteiger partial charge in [0.1, 0.15) is 5.75 Å². The van der Waals surface area contributed by atoms with Gasteiger partial charge in [0, 0.05) is 10.7 Å². The SMILES string of the molecule is CCC(C)c1cc(S(=O)(=O)Cl)ccc1OCCCC(C)C. The van der Waals surface area contributed by atoms with Crippen LogP contribution in [0.3, 0.4) is 0 Å². The lowest BCUT2D eigenvalue weighted by Gasteiger charge is -2.17. The van der Waals surface area contributed by atoms with Crippen LogP contribution in [-0.2, 0) is 9.05 Å². The number of ether oxygens (including phenoxy) is 1. The van der Waals surface area contributed by atoms with Gasteiger partial charge >= 0.3 is 0 Å². The molecule has 1 aromatic carbocycles. The molecular weight excluding hydrogens is 308 g/mol. The van der Waals surface area contributed by atoms with Crippen LogP contribution in [0, 0.1) is 5.92 Å². The third-order valence-electron chi connectivity index (χ3n) is 3.59. The molecule has 3 nitrogen and oxygen atoms in total. The highest BCUT2D eigenvalue weighted by atomic mass is 35.7. The molecule has 0 amide bonds. The minimum Gasteiger partial charge on any atom is -0.493 e. The van der Waals surface area contributed by atoms with E-state index in [1.807, 2.05) is 0 Å². The first-order valence-corrected chi connectivity index (χ1v) is 9.78. The molecule has 0 fully saturated rings. The summed E-state index contributed by atoms with van der Waals surface area (Å²) in [5.74, 6) is 1.65. The van der Waals surface area contributed by atoms with Crippen molar-refractivity contribution in [3.63, 3.8) is 0 Å². The Hall–Kier alpha value is -0.740. The standard InChI is InChI=1S/C16H25ClO3S/c1-5-13(4)15-11-14(21(17,18)19)8-9-16(15)20-10-6-7-12(2)3/h8-9,11-13H,5-7,10H2,1-4H3. The van der Waals surface area contributed by atoms with Crippen molar-refractivity contribution in [3.8, 4) is 5.75 Å². The minimum atomic E-state index is -3.70. The molecule has 0 aliphatic heterocycles. The van der Waals surface area contributed by atoms with Crippen molar-refractivity contribution < 1.29 is 13.2 Å². The van der Waals surface area contributed by atoms with E-state index in [4.69, 9.17) is 15.4 Å². The fourth-order valence-corrected chi connectivity index (χ4v) is 2.87. The molecule has 5 heteroatoms. The summed E-state index contributed by atoms with van der Waals surface area (Å²) >= 11 is 0. The predicted octanol–water partition coefficient (Wildman–Crippen LogP) is 4.94. The highest BCUT2D eigenvalue weighted by molar-refractivity contribution is 8.13. The fraction of sp³-hybridized carbons (Fsp3) is 0.625. The van der Waals surface area contributed by atoms with E-state index in [9.17, 15) is 8.42 Å². The maximum absolute atomic E-state index is 11.5. The first-order chi connectivity index (χ1) is 9.75. The van der Waals surface area contributed by atoms with Gasteiger partial charge in [0.05, 0.1) is 11.5 Å². The topological polar surface area (TPSA) is 43.4 Å². The molecule has 0 aliphatic carbocycles. The molecule has 1 unspecified atom stereocenters. The van der Waals surface area contributed by atoms with Gasteiger partial charge in [-0.15, -0.1) is 0 Å². The Morgan fingerprint density at radius 1 is 1.24 bits per heavy atom. The third-order valence-corrected chi connectivity index (χ3v) is 4.94. The van der Waals surface area contributed by atoms with E-state index < -0.39 is 9.05 Å². The highest BCUT2D eigenvalue weighted by Crippen LogP contribution is 2.32. The molecule has 0 aliphatic rings. The largest absolute Gasteiger partial charge is 0.493 e. The van der Waals surface area contributed by atoms with Crippen LogP contribution in [0.25, 0.3) is 0 Å². The van der Waals surface area contributed by atoms with Gasteiger partial charge in [-0.1, -0.05) is 27.7 Å². The first-order valence-electron chi connectivity index (χ1n) is 7.47. The molecule has 120 valence electrons. The summed E-state index contributed by atoms with van der Waals surface area (Å²) in [7, 11) is 1.72. The molecule has 0 saturated carbocycles. The molecule has 21 heavy (non-hydrogen) atoms. The zero-order valence-corrected chi connectivity index (χ0v) is 14.8. The molecule has 0 spiro atoms. The van der Waals surface area contributed by atoms with Crippen molar-refractivity contribution in [2.45, 2.75) is 57.8 Å². The van der Waals surface area contributed by atoms with E-state index in [0.717, 1.165) is 30.6 Å². The van der Waals surface area contributed by atoms with E-state index >= 15 is 0 Å². The smallest absolute Gasteiger partial charge is 0.261 e. The number of hydrogen-bond donors (Lipinski definition) is 0. The maximum Gasteiger partial charge on any atom is 0.261 e. The molecule has 0 saturated heterocycles. The quantitative estimate of drug-likeness (QED) is 0.500. The van der Waals surface area contributed by atoms with Crippen LogP contribution in [0.1, 0.15) is 58.4 Å². The summed E-state index contributed by atoms with van der Waals surface area (Å²) in [4.78, 5) is 0.133. The van der Waals surface area contributed by atoms with Crippen molar-refractivity contribution in [1.82, 2.24) is 0 Å². The molecule has 0 heterocycles.